The van der Waals surface area contributed by atoms with Crippen LogP contribution >= 0.6 is 15.8 Å². The predicted octanol–water partition coefficient (Wildman–Crippen LogP) is 4.74. The normalized spacial score (nSPS) is 16.0. The van der Waals surface area contributed by atoms with Gasteiger partial charge in [-0.1, -0.05) is 43.5 Å². The number of ether oxygens (including phenoxy) is 1. The fourth-order valence-electron chi connectivity index (χ4n) is 1.93. The third-order valence-corrected chi connectivity index (χ3v) is 8.60. The first-order valence-corrected chi connectivity index (χ1v) is 9.80. The smallest absolute Gasteiger partial charge is 0.0745 e. The van der Waals surface area contributed by atoms with Crippen LogP contribution in [0.4, 0.5) is 0 Å². The summed E-state index contributed by atoms with van der Waals surface area (Å²) in [5, 5.41) is 0. The highest BCUT2D eigenvalue weighted by atomic mass is 31.1. The van der Waals surface area contributed by atoms with Crippen LogP contribution in [0.5, 0.6) is 0 Å². The molecule has 0 aliphatic heterocycles. The first-order valence-electron chi connectivity index (χ1n) is 6.24. The lowest BCUT2D eigenvalue weighted by Gasteiger charge is -2.30. The fraction of sp³-hybridized carbons (Fsp3) is 1.00. The zero-order valence-electron chi connectivity index (χ0n) is 11.3. The van der Waals surface area contributed by atoms with Gasteiger partial charge in [0.2, 0.25) is 0 Å². The van der Waals surface area contributed by atoms with E-state index < -0.39 is 0 Å². The van der Waals surface area contributed by atoms with E-state index >= 15 is 0 Å². The zero-order valence-corrected chi connectivity index (χ0v) is 13.1. The summed E-state index contributed by atoms with van der Waals surface area (Å²) in [6.45, 7) is 13.7. The van der Waals surface area contributed by atoms with Crippen molar-refractivity contribution in [2.75, 3.05) is 24.6 Å². The molecule has 0 rings (SSSR count). The summed E-state index contributed by atoms with van der Waals surface area (Å²) in [6, 6.07) is 0. The highest BCUT2D eigenvalue weighted by molar-refractivity contribution is 7.59. The van der Waals surface area contributed by atoms with Crippen molar-refractivity contribution >= 4 is 15.8 Å². The van der Waals surface area contributed by atoms with Crippen LogP contribution in [0.2, 0.25) is 0 Å². The van der Waals surface area contributed by atoms with Crippen molar-refractivity contribution < 1.29 is 4.74 Å². The lowest BCUT2D eigenvalue weighted by molar-refractivity contribution is 0.106. The maximum Gasteiger partial charge on any atom is 0.0745 e. The first-order chi connectivity index (χ1) is 7.10. The van der Waals surface area contributed by atoms with Gasteiger partial charge in [-0.2, -0.15) is 0 Å². The van der Waals surface area contributed by atoms with Crippen LogP contribution < -0.4 is 0 Å². The molecule has 15 heavy (non-hydrogen) atoms. The standard InChI is InChI=1S/C12H28OP2/c1-7-14(8-2)11(5)13-12(6)15(9-3)10-4/h11-12H,7-10H2,1-6H3. The van der Waals surface area contributed by atoms with Crippen LogP contribution in [-0.2, 0) is 4.74 Å². The van der Waals surface area contributed by atoms with Crippen molar-refractivity contribution in [1.29, 1.82) is 0 Å². The molecule has 0 aromatic rings. The minimum Gasteiger partial charge on any atom is -0.367 e. The fourth-order valence-corrected chi connectivity index (χ4v) is 5.69. The lowest BCUT2D eigenvalue weighted by Crippen LogP contribution is -2.17. The van der Waals surface area contributed by atoms with E-state index in [0.717, 1.165) is 0 Å². The molecule has 2 unspecified atom stereocenters. The van der Waals surface area contributed by atoms with Crippen molar-refractivity contribution in [3.05, 3.63) is 0 Å². The number of rotatable bonds is 8. The van der Waals surface area contributed by atoms with E-state index in [1.165, 1.54) is 24.6 Å². The molecule has 0 fully saturated rings. The molecule has 0 saturated carbocycles. The molecule has 0 spiro atoms. The van der Waals surface area contributed by atoms with Crippen molar-refractivity contribution in [2.24, 2.45) is 0 Å². The molecule has 0 aromatic heterocycles. The maximum absolute atomic E-state index is 6.20. The molecular formula is C12H28OP2. The second kappa shape index (κ2) is 8.91. The van der Waals surface area contributed by atoms with Gasteiger partial charge in [0, 0.05) is 0 Å². The van der Waals surface area contributed by atoms with Crippen LogP contribution in [-0.4, -0.2) is 36.3 Å². The van der Waals surface area contributed by atoms with Gasteiger partial charge < -0.3 is 4.74 Å². The Morgan fingerprint density at radius 1 is 0.733 bits per heavy atom. The second-order valence-corrected chi connectivity index (χ2v) is 10.1. The average Bonchev–Trinajstić information content (AvgIpc) is 2.21. The molecule has 92 valence electrons. The summed E-state index contributed by atoms with van der Waals surface area (Å²) in [4.78, 5) is 0. The van der Waals surface area contributed by atoms with Gasteiger partial charge >= 0.3 is 0 Å². The van der Waals surface area contributed by atoms with E-state index in [1.807, 2.05) is 0 Å². The van der Waals surface area contributed by atoms with Gasteiger partial charge in [-0.15, -0.1) is 0 Å². The van der Waals surface area contributed by atoms with Crippen molar-refractivity contribution in [3.63, 3.8) is 0 Å². The van der Waals surface area contributed by atoms with Gasteiger partial charge in [-0.3, -0.25) is 0 Å². The molecule has 0 N–H and O–H groups in total. The molecule has 1 nitrogen and oxygen atoms in total. The molecule has 3 heteroatoms. The largest absolute Gasteiger partial charge is 0.367 e. The predicted molar refractivity (Wildman–Crippen MR) is 76.0 cm³/mol. The van der Waals surface area contributed by atoms with Crippen LogP contribution in [0.25, 0.3) is 0 Å². The van der Waals surface area contributed by atoms with Crippen LogP contribution in [0.3, 0.4) is 0 Å². The summed E-state index contributed by atoms with van der Waals surface area (Å²) in [5.41, 5.74) is 0. The van der Waals surface area contributed by atoms with E-state index in [-0.39, 0.29) is 15.8 Å². The molecule has 0 aromatic carbocycles. The minimum absolute atomic E-state index is 0.103. The summed E-state index contributed by atoms with van der Waals surface area (Å²) in [7, 11) is 0.207. The Bertz CT molecular complexity index is 129. The monoisotopic (exact) mass is 250 g/mol. The topological polar surface area (TPSA) is 9.23 Å². The molecular weight excluding hydrogens is 222 g/mol. The van der Waals surface area contributed by atoms with Crippen LogP contribution in [0, 0.1) is 0 Å². The molecule has 0 bridgehead atoms. The minimum atomic E-state index is 0.103. The number of hydrogen-bond acceptors (Lipinski definition) is 1. The van der Waals surface area contributed by atoms with E-state index in [2.05, 4.69) is 41.5 Å². The first kappa shape index (κ1) is 15.8. The average molecular weight is 250 g/mol. The van der Waals surface area contributed by atoms with E-state index in [4.69, 9.17) is 4.74 Å². The molecule has 0 aliphatic carbocycles. The van der Waals surface area contributed by atoms with Crippen molar-refractivity contribution in [1.82, 2.24) is 0 Å². The van der Waals surface area contributed by atoms with E-state index in [9.17, 15) is 0 Å². The highest BCUT2D eigenvalue weighted by Gasteiger charge is 2.20. The molecule has 2 atom stereocenters. The molecule has 0 saturated heterocycles. The van der Waals surface area contributed by atoms with Gasteiger partial charge in [0.15, 0.2) is 0 Å². The highest BCUT2D eigenvalue weighted by Crippen LogP contribution is 2.46. The molecule has 0 aliphatic rings. The van der Waals surface area contributed by atoms with Gasteiger partial charge in [0.1, 0.15) is 0 Å². The second-order valence-electron chi connectivity index (χ2n) is 3.78. The summed E-state index contributed by atoms with van der Waals surface area (Å²) in [5.74, 6) is 0.987. The molecule has 0 amide bonds. The molecule has 0 heterocycles. The molecule has 0 radical (unpaired) electrons. The zero-order chi connectivity index (χ0) is 11.8. The van der Waals surface area contributed by atoms with Gasteiger partial charge in [-0.05, 0) is 38.5 Å². The van der Waals surface area contributed by atoms with Crippen molar-refractivity contribution in [2.45, 2.75) is 53.2 Å². The Kier molecular flexibility index (Phi) is 9.40. The van der Waals surface area contributed by atoms with E-state index in [0.29, 0.717) is 11.7 Å². The van der Waals surface area contributed by atoms with Crippen molar-refractivity contribution in [3.8, 4) is 0 Å². The Labute approximate surface area is 98.9 Å². The maximum atomic E-state index is 6.20. The van der Waals surface area contributed by atoms with Crippen LogP contribution in [0.1, 0.15) is 41.5 Å². The van der Waals surface area contributed by atoms with Gasteiger partial charge in [0.05, 0.1) is 11.7 Å². The lowest BCUT2D eigenvalue weighted by atomic mass is 10.8. The SMILES string of the molecule is CCP(CC)C(C)OC(C)P(CC)CC. The van der Waals surface area contributed by atoms with E-state index in [1.54, 1.807) is 0 Å². The summed E-state index contributed by atoms with van der Waals surface area (Å²) >= 11 is 0. The Morgan fingerprint density at radius 2 is 1.00 bits per heavy atom. The van der Waals surface area contributed by atoms with Gasteiger partial charge in [0.25, 0.3) is 0 Å². The quantitative estimate of drug-likeness (QED) is 0.565. The Hall–Kier alpha value is 0.820. The third-order valence-electron chi connectivity index (χ3n) is 3.05. The summed E-state index contributed by atoms with van der Waals surface area (Å²) in [6.07, 6.45) is 5.21. The Morgan fingerprint density at radius 3 is 1.20 bits per heavy atom. The summed E-state index contributed by atoms with van der Waals surface area (Å²) < 4.78 is 6.20. The Balaban J connectivity index is 4.08. The van der Waals surface area contributed by atoms with Crippen LogP contribution in [0.15, 0.2) is 0 Å². The third kappa shape index (κ3) is 5.62. The number of hydrogen-bond donors (Lipinski definition) is 0. The van der Waals surface area contributed by atoms with Gasteiger partial charge in [-0.25, -0.2) is 0 Å².